The van der Waals surface area contributed by atoms with Gasteiger partial charge in [0.15, 0.2) is 11.4 Å². The van der Waals surface area contributed by atoms with E-state index in [1.165, 1.54) is 13.8 Å². The smallest absolute Gasteiger partial charge is 0.274 e. The Morgan fingerprint density at radius 1 is 0.659 bits per heavy atom. The molecular formula is C33H39N5O6. The van der Waals surface area contributed by atoms with Gasteiger partial charge in [0, 0.05) is 77.5 Å². The van der Waals surface area contributed by atoms with Gasteiger partial charge >= 0.3 is 0 Å². The SMILES string of the molecule is COc1ccc(-n2c(C(=O)N3CCN(C(C)=O)CC3)c(C)c(OCc3ccccc3)c2C(=O)N2CCN(C(C)=O)CC2)cc1. The van der Waals surface area contributed by atoms with Crippen LogP contribution >= 0.6 is 0 Å². The molecule has 3 heterocycles. The quantitative estimate of drug-likeness (QED) is 0.413. The average molecular weight is 602 g/mol. The molecule has 1 aromatic heterocycles. The third-order valence-corrected chi connectivity index (χ3v) is 8.34. The van der Waals surface area contributed by atoms with Crippen LogP contribution in [0.4, 0.5) is 0 Å². The number of benzene rings is 2. The predicted molar refractivity (Wildman–Crippen MR) is 164 cm³/mol. The molecule has 2 aliphatic rings. The van der Waals surface area contributed by atoms with E-state index in [4.69, 9.17) is 9.47 Å². The molecule has 2 saturated heterocycles. The molecule has 0 unspecified atom stereocenters. The van der Waals surface area contributed by atoms with Gasteiger partial charge in [0.25, 0.3) is 11.8 Å². The molecular weight excluding hydrogens is 562 g/mol. The molecule has 0 aliphatic carbocycles. The number of rotatable bonds is 7. The molecule has 232 valence electrons. The zero-order valence-corrected chi connectivity index (χ0v) is 25.7. The van der Waals surface area contributed by atoms with Crippen molar-refractivity contribution in [3.63, 3.8) is 0 Å². The summed E-state index contributed by atoms with van der Waals surface area (Å²) in [6.45, 7) is 8.27. The van der Waals surface area contributed by atoms with Gasteiger partial charge in [-0.1, -0.05) is 30.3 Å². The number of aromatic nitrogens is 1. The third-order valence-electron chi connectivity index (χ3n) is 8.34. The van der Waals surface area contributed by atoms with E-state index in [1.807, 2.05) is 49.4 Å². The Morgan fingerprint density at radius 2 is 1.14 bits per heavy atom. The molecule has 0 spiro atoms. The minimum absolute atomic E-state index is 0.0239. The van der Waals surface area contributed by atoms with Gasteiger partial charge in [-0.25, -0.2) is 0 Å². The van der Waals surface area contributed by atoms with Gasteiger partial charge < -0.3 is 29.1 Å². The maximum atomic E-state index is 14.4. The van der Waals surface area contributed by atoms with Gasteiger partial charge in [-0.3, -0.25) is 23.7 Å². The number of hydrogen-bond acceptors (Lipinski definition) is 6. The lowest BCUT2D eigenvalue weighted by atomic mass is 10.2. The van der Waals surface area contributed by atoms with E-state index < -0.39 is 0 Å². The summed E-state index contributed by atoms with van der Waals surface area (Å²) in [6, 6.07) is 16.9. The first kappa shape index (κ1) is 30.7. The maximum Gasteiger partial charge on any atom is 0.274 e. The fourth-order valence-corrected chi connectivity index (χ4v) is 5.76. The van der Waals surface area contributed by atoms with Gasteiger partial charge in [-0.15, -0.1) is 0 Å². The molecule has 4 amide bonds. The number of amides is 4. The first-order chi connectivity index (χ1) is 21.2. The molecule has 0 bridgehead atoms. The second-order valence-corrected chi connectivity index (χ2v) is 11.1. The molecule has 0 radical (unpaired) electrons. The summed E-state index contributed by atoms with van der Waals surface area (Å²) < 4.78 is 13.5. The highest BCUT2D eigenvalue weighted by Gasteiger charge is 2.36. The van der Waals surface area contributed by atoms with Crippen LogP contribution in [0.15, 0.2) is 54.6 Å². The van der Waals surface area contributed by atoms with E-state index in [-0.39, 0.29) is 35.9 Å². The highest BCUT2D eigenvalue weighted by atomic mass is 16.5. The first-order valence-electron chi connectivity index (χ1n) is 14.9. The molecule has 11 heteroatoms. The van der Waals surface area contributed by atoms with Gasteiger partial charge in [-0.05, 0) is 36.8 Å². The van der Waals surface area contributed by atoms with Crippen LogP contribution in [0, 0.1) is 6.92 Å². The van der Waals surface area contributed by atoms with Crippen LogP contribution in [0.25, 0.3) is 5.69 Å². The van der Waals surface area contributed by atoms with Crippen LogP contribution in [-0.2, 0) is 16.2 Å². The van der Waals surface area contributed by atoms with Gasteiger partial charge in [0.05, 0.1) is 7.11 Å². The summed E-state index contributed by atoms with van der Waals surface area (Å²) in [6.07, 6.45) is 0. The molecule has 0 atom stereocenters. The number of carbonyl (C=O) groups excluding carboxylic acids is 4. The molecule has 5 rings (SSSR count). The van der Waals surface area contributed by atoms with Crippen LogP contribution in [0.2, 0.25) is 0 Å². The zero-order valence-electron chi connectivity index (χ0n) is 25.7. The Morgan fingerprint density at radius 3 is 1.61 bits per heavy atom. The Hall–Kier alpha value is -4.80. The summed E-state index contributed by atoms with van der Waals surface area (Å²) >= 11 is 0. The zero-order chi connectivity index (χ0) is 31.4. The minimum Gasteiger partial charge on any atom is -0.497 e. The van der Waals surface area contributed by atoms with E-state index in [2.05, 4.69) is 0 Å². The van der Waals surface area contributed by atoms with Crippen molar-refractivity contribution >= 4 is 23.6 Å². The number of carbonyl (C=O) groups is 4. The molecule has 0 N–H and O–H groups in total. The highest BCUT2D eigenvalue weighted by Crippen LogP contribution is 2.36. The largest absolute Gasteiger partial charge is 0.497 e. The standard InChI is InChI=1S/C33H39N5O6/c1-23-29(32(41)36-18-14-34(15-19-36)24(2)39)38(27-10-12-28(43-4)13-11-27)30(31(23)44-22-26-8-6-5-7-9-26)33(42)37-20-16-35(17-21-37)25(3)40/h5-13H,14-22H2,1-4H3. The number of nitrogens with zero attached hydrogens (tertiary/aromatic N) is 5. The monoisotopic (exact) mass is 601 g/mol. The molecule has 3 aromatic rings. The topological polar surface area (TPSA) is 105 Å². The normalized spacial score (nSPS) is 15.3. The van der Waals surface area contributed by atoms with Crippen molar-refractivity contribution in [3.05, 3.63) is 77.1 Å². The van der Waals surface area contributed by atoms with Crippen LogP contribution in [-0.4, -0.2) is 107 Å². The molecule has 2 fully saturated rings. The van der Waals surface area contributed by atoms with Crippen molar-refractivity contribution in [2.75, 3.05) is 59.5 Å². The minimum atomic E-state index is -0.282. The van der Waals surface area contributed by atoms with E-state index in [9.17, 15) is 19.2 Å². The molecule has 2 aromatic carbocycles. The summed E-state index contributed by atoms with van der Waals surface area (Å²) in [7, 11) is 1.58. The first-order valence-corrected chi connectivity index (χ1v) is 14.9. The second-order valence-electron chi connectivity index (χ2n) is 11.1. The summed E-state index contributed by atoms with van der Waals surface area (Å²) in [4.78, 5) is 59.5. The Labute approximate surface area is 257 Å². The summed E-state index contributed by atoms with van der Waals surface area (Å²) in [5.41, 5.74) is 2.68. The predicted octanol–water partition coefficient (Wildman–Crippen LogP) is 2.98. The van der Waals surface area contributed by atoms with Gasteiger partial charge in [-0.2, -0.15) is 0 Å². The van der Waals surface area contributed by atoms with Crippen LogP contribution < -0.4 is 9.47 Å². The summed E-state index contributed by atoms with van der Waals surface area (Å²) in [5, 5.41) is 0. The van der Waals surface area contributed by atoms with Crippen molar-refractivity contribution < 1.29 is 28.7 Å². The number of hydrogen-bond donors (Lipinski definition) is 0. The van der Waals surface area contributed by atoms with Crippen molar-refractivity contribution in [2.24, 2.45) is 0 Å². The second kappa shape index (κ2) is 13.2. The number of piperazine rings is 2. The Bertz CT molecular complexity index is 1520. The maximum absolute atomic E-state index is 14.4. The van der Waals surface area contributed by atoms with Gasteiger partial charge in [0.1, 0.15) is 18.1 Å². The van der Waals surface area contributed by atoms with Crippen molar-refractivity contribution in [1.29, 1.82) is 0 Å². The number of ether oxygens (including phenoxy) is 2. The van der Waals surface area contributed by atoms with Crippen molar-refractivity contribution in [2.45, 2.75) is 27.4 Å². The van der Waals surface area contributed by atoms with E-state index >= 15 is 0 Å². The van der Waals surface area contributed by atoms with E-state index in [0.717, 1.165) is 5.56 Å². The number of methoxy groups -OCH3 is 1. The van der Waals surface area contributed by atoms with Crippen LogP contribution in [0.1, 0.15) is 46.0 Å². The average Bonchev–Trinajstić information content (AvgIpc) is 3.35. The molecule has 11 nitrogen and oxygen atoms in total. The summed E-state index contributed by atoms with van der Waals surface area (Å²) in [5.74, 6) is 0.402. The molecule has 44 heavy (non-hydrogen) atoms. The fraction of sp³-hybridized carbons (Fsp3) is 0.394. The highest BCUT2D eigenvalue weighted by molar-refractivity contribution is 6.03. The Kier molecular flexibility index (Phi) is 9.22. The third kappa shape index (κ3) is 6.27. The van der Waals surface area contributed by atoms with Crippen molar-refractivity contribution in [1.82, 2.24) is 24.2 Å². The lowest BCUT2D eigenvalue weighted by Crippen LogP contribution is -2.51. The Balaban J connectivity index is 1.61. The molecule has 0 saturated carbocycles. The van der Waals surface area contributed by atoms with E-state index in [0.29, 0.717) is 80.8 Å². The lowest BCUT2D eigenvalue weighted by molar-refractivity contribution is -0.131. The van der Waals surface area contributed by atoms with Crippen LogP contribution in [0.3, 0.4) is 0 Å². The van der Waals surface area contributed by atoms with Crippen LogP contribution in [0.5, 0.6) is 11.5 Å². The van der Waals surface area contributed by atoms with E-state index in [1.54, 1.807) is 43.4 Å². The fourth-order valence-electron chi connectivity index (χ4n) is 5.76. The lowest BCUT2D eigenvalue weighted by Gasteiger charge is -2.35. The van der Waals surface area contributed by atoms with Gasteiger partial charge in [0.2, 0.25) is 11.8 Å². The van der Waals surface area contributed by atoms with Crippen molar-refractivity contribution in [3.8, 4) is 17.2 Å². The molecule has 2 aliphatic heterocycles.